The molecule has 1 fully saturated rings. The van der Waals surface area contributed by atoms with Gasteiger partial charge in [0, 0.05) is 53.0 Å². The van der Waals surface area contributed by atoms with Crippen LogP contribution in [-0.2, 0) is 11.4 Å². The molecule has 0 radical (unpaired) electrons. The fourth-order valence-electron chi connectivity index (χ4n) is 4.83. The summed E-state index contributed by atoms with van der Waals surface area (Å²) in [5.74, 6) is -0.483. The van der Waals surface area contributed by atoms with E-state index in [9.17, 15) is 9.59 Å². The van der Waals surface area contributed by atoms with Crippen LogP contribution in [0.4, 0.5) is 11.4 Å². The Hall–Kier alpha value is -4.79. The molecule has 194 valence electrons. The third-order valence-corrected chi connectivity index (χ3v) is 6.78. The summed E-state index contributed by atoms with van der Waals surface area (Å²) < 4.78 is 1.93. The molecule has 1 aliphatic rings. The van der Waals surface area contributed by atoms with Gasteiger partial charge >= 0.3 is 0 Å². The zero-order valence-corrected chi connectivity index (χ0v) is 21.2. The number of oxime groups is 1. The van der Waals surface area contributed by atoms with E-state index >= 15 is 0 Å². The average Bonchev–Trinajstić information content (AvgIpc) is 3.58. The van der Waals surface area contributed by atoms with Gasteiger partial charge in [0.1, 0.15) is 12.8 Å². The van der Waals surface area contributed by atoms with Crippen LogP contribution in [0.25, 0.3) is 10.9 Å². The van der Waals surface area contributed by atoms with Crippen molar-refractivity contribution in [1.82, 2.24) is 4.57 Å². The first-order chi connectivity index (χ1) is 18.4. The fourth-order valence-corrected chi connectivity index (χ4v) is 4.83. The molecule has 38 heavy (non-hydrogen) atoms. The number of nitrogens with one attached hydrogen (secondary N) is 1. The van der Waals surface area contributed by atoms with Crippen LogP contribution < -0.4 is 21.7 Å². The summed E-state index contributed by atoms with van der Waals surface area (Å²) in [5, 5.41) is 7.79. The van der Waals surface area contributed by atoms with Gasteiger partial charge in [0.05, 0.1) is 0 Å². The van der Waals surface area contributed by atoms with Crippen molar-refractivity contribution in [1.29, 1.82) is 0 Å². The van der Waals surface area contributed by atoms with E-state index in [4.69, 9.17) is 16.3 Å². The van der Waals surface area contributed by atoms with Gasteiger partial charge in [0.15, 0.2) is 5.84 Å². The summed E-state index contributed by atoms with van der Waals surface area (Å²) in [6.07, 6.45) is 2.36. The number of amides is 2. The van der Waals surface area contributed by atoms with Crippen LogP contribution in [0, 0.1) is 0 Å². The predicted octanol–water partition coefficient (Wildman–Crippen LogP) is 3.91. The highest BCUT2D eigenvalue weighted by atomic mass is 16.6. The van der Waals surface area contributed by atoms with E-state index in [1.54, 1.807) is 12.1 Å². The number of hydrogen-bond acceptors (Lipinski definition) is 5. The number of hydrogen-bond donors (Lipinski definition) is 3. The Morgan fingerprint density at radius 2 is 1.68 bits per heavy atom. The lowest BCUT2D eigenvalue weighted by Gasteiger charge is -2.18. The number of fused-ring (bicyclic) bond motifs is 1. The van der Waals surface area contributed by atoms with Crippen molar-refractivity contribution in [3.05, 3.63) is 95.2 Å². The summed E-state index contributed by atoms with van der Waals surface area (Å²) in [6.45, 7) is 2.44. The molecule has 5 N–H and O–H groups in total. The summed E-state index contributed by atoms with van der Waals surface area (Å²) in [4.78, 5) is 32.3. The van der Waals surface area contributed by atoms with Crippen molar-refractivity contribution in [3.63, 3.8) is 0 Å². The van der Waals surface area contributed by atoms with Gasteiger partial charge in [-0.25, -0.2) is 0 Å². The standard InChI is InChI=1S/C29H30N6O3/c1-38-33-27(30)22-12-11-21-15-26(29(37)32-23-5-4-6-24(17-23)34-13-2-3-14-34)35(25(21)16-22)18-19-7-9-20(10-8-19)28(31)36/h4-12,15-17H,2-3,13-14,18H2,1H3,(H2,30,33)(H2,31,36)(H,32,37). The van der Waals surface area contributed by atoms with Crippen molar-refractivity contribution in [3.8, 4) is 0 Å². The predicted molar refractivity (Wildman–Crippen MR) is 150 cm³/mol. The Balaban J connectivity index is 1.52. The first-order valence-electron chi connectivity index (χ1n) is 12.5. The number of aromatic nitrogens is 1. The molecule has 1 saturated heterocycles. The normalized spacial score (nSPS) is 13.6. The highest BCUT2D eigenvalue weighted by Crippen LogP contribution is 2.26. The van der Waals surface area contributed by atoms with Crippen LogP contribution in [0.5, 0.6) is 0 Å². The number of carbonyl (C=O) groups is 2. The second-order valence-corrected chi connectivity index (χ2v) is 9.31. The van der Waals surface area contributed by atoms with E-state index in [0.29, 0.717) is 23.4 Å². The minimum absolute atomic E-state index is 0.228. The Kier molecular flexibility index (Phi) is 6.99. The topological polar surface area (TPSA) is 128 Å². The van der Waals surface area contributed by atoms with E-state index in [1.165, 1.54) is 20.0 Å². The molecule has 0 spiro atoms. The molecule has 2 heterocycles. The summed E-state index contributed by atoms with van der Waals surface area (Å²) in [7, 11) is 1.44. The van der Waals surface area contributed by atoms with Crippen molar-refractivity contribution in [2.75, 3.05) is 30.4 Å². The second kappa shape index (κ2) is 10.7. The Morgan fingerprint density at radius 3 is 2.39 bits per heavy atom. The largest absolute Gasteiger partial charge is 0.397 e. The molecule has 0 atom stereocenters. The third-order valence-electron chi connectivity index (χ3n) is 6.78. The summed E-state index contributed by atoms with van der Waals surface area (Å²) in [5.41, 5.74) is 16.6. The first kappa shape index (κ1) is 24.9. The van der Waals surface area contributed by atoms with Gasteiger partial charge in [-0.1, -0.05) is 35.5 Å². The molecule has 4 aromatic rings. The molecule has 9 nitrogen and oxygen atoms in total. The maximum Gasteiger partial charge on any atom is 0.272 e. The van der Waals surface area contributed by atoms with Crippen molar-refractivity contribution >= 4 is 39.9 Å². The number of carbonyl (C=O) groups excluding carboxylic acids is 2. The molecule has 2 amide bonds. The van der Waals surface area contributed by atoms with Gasteiger partial charge in [0.25, 0.3) is 5.91 Å². The summed E-state index contributed by atoms with van der Waals surface area (Å²) in [6, 6.07) is 22.5. The van der Waals surface area contributed by atoms with Crippen LogP contribution in [-0.4, -0.2) is 42.4 Å². The molecule has 0 unspecified atom stereocenters. The number of nitrogens with two attached hydrogens (primary N) is 2. The first-order valence-corrected chi connectivity index (χ1v) is 12.5. The molecular formula is C29H30N6O3. The van der Waals surface area contributed by atoms with Crippen molar-refractivity contribution in [2.24, 2.45) is 16.6 Å². The van der Waals surface area contributed by atoms with E-state index in [1.807, 2.05) is 59.2 Å². The number of primary amides is 1. The molecule has 0 saturated carbocycles. The minimum atomic E-state index is -0.489. The smallest absolute Gasteiger partial charge is 0.272 e. The lowest BCUT2D eigenvalue weighted by molar-refractivity contribution is 0.0997. The van der Waals surface area contributed by atoms with Crippen LogP contribution >= 0.6 is 0 Å². The molecule has 1 aliphatic heterocycles. The van der Waals surface area contributed by atoms with Crippen molar-refractivity contribution in [2.45, 2.75) is 19.4 Å². The van der Waals surface area contributed by atoms with Gasteiger partial charge in [0.2, 0.25) is 5.91 Å². The molecular weight excluding hydrogens is 480 g/mol. The monoisotopic (exact) mass is 510 g/mol. The highest BCUT2D eigenvalue weighted by molar-refractivity contribution is 6.08. The molecule has 3 aromatic carbocycles. The maximum atomic E-state index is 13.6. The molecule has 5 rings (SSSR count). The number of amidine groups is 1. The molecule has 9 heteroatoms. The zero-order chi connectivity index (χ0) is 26.6. The second-order valence-electron chi connectivity index (χ2n) is 9.31. The van der Waals surface area contributed by atoms with E-state index in [0.717, 1.165) is 40.9 Å². The number of anilines is 2. The minimum Gasteiger partial charge on any atom is -0.397 e. The third kappa shape index (κ3) is 5.17. The number of benzene rings is 3. The van der Waals surface area contributed by atoms with Gasteiger partial charge in [-0.3, -0.25) is 9.59 Å². The maximum absolute atomic E-state index is 13.6. The highest BCUT2D eigenvalue weighted by Gasteiger charge is 2.19. The molecule has 1 aromatic heterocycles. The average molecular weight is 511 g/mol. The van der Waals surface area contributed by atoms with Crippen molar-refractivity contribution < 1.29 is 14.4 Å². The van der Waals surface area contributed by atoms with Crippen LogP contribution in [0.1, 0.15) is 44.8 Å². The van der Waals surface area contributed by atoms with Crippen LogP contribution in [0.15, 0.2) is 78.0 Å². The Bertz CT molecular complexity index is 1520. The SMILES string of the molecule is CO/N=C(\N)c1ccc2cc(C(=O)Nc3cccc(N4CCCC4)c3)n(Cc3ccc(C(N)=O)cc3)c2c1. The van der Waals surface area contributed by atoms with Crippen LogP contribution in [0.3, 0.4) is 0 Å². The lowest BCUT2D eigenvalue weighted by atomic mass is 10.1. The van der Waals surface area contributed by atoms with Gasteiger partial charge in [-0.05, 0) is 60.9 Å². The number of rotatable bonds is 8. The van der Waals surface area contributed by atoms with E-state index < -0.39 is 5.91 Å². The number of nitrogens with zero attached hydrogens (tertiary/aromatic N) is 3. The quantitative estimate of drug-likeness (QED) is 0.188. The van der Waals surface area contributed by atoms with Gasteiger partial charge in [-0.15, -0.1) is 0 Å². The van der Waals surface area contributed by atoms with Crippen LogP contribution in [0.2, 0.25) is 0 Å². The zero-order valence-electron chi connectivity index (χ0n) is 21.2. The fraction of sp³-hybridized carbons (Fsp3) is 0.207. The lowest BCUT2D eigenvalue weighted by Crippen LogP contribution is -2.19. The molecule has 0 aliphatic carbocycles. The Morgan fingerprint density at radius 1 is 0.947 bits per heavy atom. The van der Waals surface area contributed by atoms with E-state index in [2.05, 4.69) is 21.4 Å². The molecule has 0 bridgehead atoms. The van der Waals surface area contributed by atoms with E-state index in [-0.39, 0.29) is 11.7 Å². The summed E-state index contributed by atoms with van der Waals surface area (Å²) >= 11 is 0. The van der Waals surface area contributed by atoms with Gasteiger partial charge in [-0.2, -0.15) is 0 Å². The Labute approximate surface area is 220 Å². The van der Waals surface area contributed by atoms with Gasteiger partial charge < -0.3 is 31.1 Å².